The Kier molecular flexibility index (Phi) is 4.08. The van der Waals surface area contributed by atoms with Crippen LogP contribution in [-0.4, -0.2) is 35.2 Å². The average molecular weight is 334 g/mol. The van der Waals surface area contributed by atoms with Gasteiger partial charge in [0.1, 0.15) is 27.2 Å². The normalized spacial score (nSPS) is 13.3. The zero-order valence-corrected chi connectivity index (χ0v) is 13.7. The molecule has 0 aliphatic heterocycles. The molecule has 0 saturated carbocycles. The van der Waals surface area contributed by atoms with Gasteiger partial charge in [0.15, 0.2) is 5.58 Å². The Morgan fingerprint density at radius 1 is 1.30 bits per heavy atom. The topological polar surface area (TPSA) is 90.0 Å². The summed E-state index contributed by atoms with van der Waals surface area (Å²) in [5.41, 5.74) is 1.56. The molecule has 8 heteroatoms. The summed E-state index contributed by atoms with van der Waals surface area (Å²) >= 11 is 0. The van der Waals surface area contributed by atoms with Gasteiger partial charge in [-0.05, 0) is 19.1 Å². The predicted octanol–water partition coefficient (Wildman–Crippen LogP) is 2.24. The van der Waals surface area contributed by atoms with Crippen LogP contribution in [0.5, 0.6) is 0 Å². The summed E-state index contributed by atoms with van der Waals surface area (Å²) in [7, 11) is -3.00. The smallest absolute Gasteiger partial charge is 0.217 e. The fourth-order valence-corrected chi connectivity index (χ4v) is 2.70. The number of oxazole rings is 1. The molecule has 0 spiro atoms. The van der Waals surface area contributed by atoms with Crippen molar-refractivity contribution >= 4 is 26.8 Å². The molecule has 23 heavy (non-hydrogen) atoms. The highest BCUT2D eigenvalue weighted by molar-refractivity contribution is 7.90. The van der Waals surface area contributed by atoms with Crippen molar-refractivity contribution in [3.05, 3.63) is 42.4 Å². The van der Waals surface area contributed by atoms with Crippen molar-refractivity contribution in [3.8, 4) is 0 Å². The zero-order valence-electron chi connectivity index (χ0n) is 12.9. The monoisotopic (exact) mass is 334 g/mol. The second-order valence-electron chi connectivity index (χ2n) is 5.48. The van der Waals surface area contributed by atoms with E-state index in [0.717, 1.165) is 11.1 Å². The van der Waals surface area contributed by atoms with Gasteiger partial charge >= 0.3 is 0 Å². The fourth-order valence-electron chi connectivity index (χ4n) is 2.18. The molecule has 0 aliphatic rings. The van der Waals surface area contributed by atoms with Gasteiger partial charge in [-0.3, -0.25) is 4.68 Å². The van der Waals surface area contributed by atoms with Gasteiger partial charge in [0.2, 0.25) is 5.89 Å². The van der Waals surface area contributed by atoms with Crippen molar-refractivity contribution in [2.24, 2.45) is 0 Å². The number of hydrogen-bond acceptors (Lipinski definition) is 6. The van der Waals surface area contributed by atoms with Crippen LogP contribution in [0.4, 0.5) is 5.82 Å². The molecule has 3 aromatic rings. The summed E-state index contributed by atoms with van der Waals surface area (Å²) < 4.78 is 29.7. The Bertz CT molecular complexity index is 881. The lowest BCUT2D eigenvalue weighted by atomic mass is 10.3. The maximum atomic E-state index is 11.2. The van der Waals surface area contributed by atoms with Crippen LogP contribution in [0.2, 0.25) is 0 Å². The van der Waals surface area contributed by atoms with Gasteiger partial charge in [-0.25, -0.2) is 13.4 Å². The van der Waals surface area contributed by atoms with Crippen molar-refractivity contribution in [1.82, 2.24) is 14.8 Å². The third-order valence-corrected chi connectivity index (χ3v) is 4.30. The molecule has 2 aromatic heterocycles. The number of benzene rings is 1. The van der Waals surface area contributed by atoms with Crippen molar-refractivity contribution < 1.29 is 12.8 Å². The Hall–Kier alpha value is -2.35. The minimum atomic E-state index is -3.00. The molecule has 7 nitrogen and oxygen atoms in total. The number of aromatic nitrogens is 3. The van der Waals surface area contributed by atoms with E-state index in [2.05, 4.69) is 15.4 Å². The van der Waals surface area contributed by atoms with E-state index in [1.54, 1.807) is 16.9 Å². The van der Waals surface area contributed by atoms with Crippen LogP contribution in [0.3, 0.4) is 0 Å². The number of sulfone groups is 1. The third-order valence-electron chi connectivity index (χ3n) is 3.38. The first-order chi connectivity index (χ1) is 10.9. The van der Waals surface area contributed by atoms with Crippen molar-refractivity contribution in [2.75, 3.05) is 17.3 Å². The lowest BCUT2D eigenvalue weighted by Crippen LogP contribution is -2.12. The van der Waals surface area contributed by atoms with E-state index in [-0.39, 0.29) is 11.8 Å². The van der Waals surface area contributed by atoms with Gasteiger partial charge in [-0.1, -0.05) is 12.1 Å². The largest absolute Gasteiger partial charge is 0.438 e. The molecule has 3 rings (SSSR count). The van der Waals surface area contributed by atoms with Crippen LogP contribution < -0.4 is 5.32 Å². The van der Waals surface area contributed by atoms with Crippen LogP contribution in [0.1, 0.15) is 18.9 Å². The van der Waals surface area contributed by atoms with Crippen LogP contribution in [-0.2, 0) is 16.4 Å². The minimum Gasteiger partial charge on any atom is -0.438 e. The number of hydrogen-bond donors (Lipinski definition) is 1. The van der Waals surface area contributed by atoms with Gasteiger partial charge in [0.05, 0.1) is 12.3 Å². The van der Waals surface area contributed by atoms with E-state index >= 15 is 0 Å². The highest BCUT2D eigenvalue weighted by atomic mass is 32.2. The summed E-state index contributed by atoms with van der Waals surface area (Å²) in [5, 5.41) is 7.50. The first-order valence-corrected chi connectivity index (χ1v) is 9.30. The number of fused-ring (bicyclic) bond motifs is 1. The highest BCUT2D eigenvalue weighted by Crippen LogP contribution is 2.22. The van der Waals surface area contributed by atoms with Gasteiger partial charge in [0, 0.05) is 18.5 Å². The molecule has 0 radical (unpaired) electrons. The van der Waals surface area contributed by atoms with E-state index in [1.807, 2.05) is 31.2 Å². The van der Waals surface area contributed by atoms with Gasteiger partial charge < -0.3 is 9.73 Å². The summed E-state index contributed by atoms with van der Waals surface area (Å²) in [6.45, 7) is 2.26. The van der Waals surface area contributed by atoms with Gasteiger partial charge in [0.25, 0.3) is 0 Å². The molecule has 0 aliphatic carbocycles. The molecule has 1 atom stereocenters. The molecule has 2 heterocycles. The molecule has 0 unspecified atom stereocenters. The number of aryl methyl sites for hydroxylation is 1. The molecule has 0 bridgehead atoms. The Balaban J connectivity index is 1.68. The second-order valence-corrected chi connectivity index (χ2v) is 7.74. The zero-order chi connectivity index (χ0) is 16.4. The number of rotatable bonds is 6. The van der Waals surface area contributed by atoms with Crippen LogP contribution in [0.25, 0.3) is 11.1 Å². The average Bonchev–Trinajstić information content (AvgIpc) is 3.10. The Morgan fingerprint density at radius 2 is 2.09 bits per heavy atom. The SMILES string of the molecule is C[C@H](Nc1ccn(CCS(C)(=O)=O)n1)c1nc2ccccc2o1. The van der Waals surface area contributed by atoms with Gasteiger partial charge in [-0.15, -0.1) is 0 Å². The highest BCUT2D eigenvalue weighted by Gasteiger charge is 2.14. The summed E-state index contributed by atoms with van der Waals surface area (Å²) in [6.07, 6.45) is 2.96. The van der Waals surface area contributed by atoms with Crippen LogP contribution >= 0.6 is 0 Å². The molecular formula is C15H18N4O3S. The molecular weight excluding hydrogens is 316 g/mol. The van der Waals surface area contributed by atoms with Crippen LogP contribution in [0, 0.1) is 0 Å². The van der Waals surface area contributed by atoms with Crippen molar-refractivity contribution in [2.45, 2.75) is 19.5 Å². The van der Waals surface area contributed by atoms with Gasteiger partial charge in [-0.2, -0.15) is 5.10 Å². The lowest BCUT2D eigenvalue weighted by Gasteiger charge is -2.08. The van der Waals surface area contributed by atoms with E-state index in [9.17, 15) is 8.42 Å². The van der Waals surface area contributed by atoms with Crippen LogP contribution in [0.15, 0.2) is 40.9 Å². The fraction of sp³-hybridized carbons (Fsp3) is 0.333. The van der Waals surface area contributed by atoms with E-state index in [1.165, 1.54) is 6.26 Å². The van der Waals surface area contributed by atoms with E-state index < -0.39 is 9.84 Å². The third kappa shape index (κ3) is 3.89. The molecule has 0 amide bonds. The molecule has 122 valence electrons. The second kappa shape index (κ2) is 6.04. The summed E-state index contributed by atoms with van der Waals surface area (Å²) in [4.78, 5) is 4.44. The van der Waals surface area contributed by atoms with E-state index in [4.69, 9.17) is 4.42 Å². The maximum Gasteiger partial charge on any atom is 0.217 e. The molecule has 0 saturated heterocycles. The quantitative estimate of drug-likeness (QED) is 0.743. The lowest BCUT2D eigenvalue weighted by molar-refractivity contribution is 0.505. The summed E-state index contributed by atoms with van der Waals surface area (Å²) in [6, 6.07) is 9.23. The first-order valence-electron chi connectivity index (χ1n) is 7.24. The first kappa shape index (κ1) is 15.5. The standard InChI is InChI=1S/C15H18N4O3S/c1-11(15-17-12-5-3-4-6-13(12)22-15)16-14-7-8-19(18-14)9-10-23(2,20)21/h3-8,11H,9-10H2,1-2H3,(H,16,18)/t11-/m0/s1. The molecule has 1 aromatic carbocycles. The number of para-hydroxylation sites is 2. The summed E-state index contributed by atoms with van der Waals surface area (Å²) in [5.74, 6) is 1.29. The minimum absolute atomic E-state index is 0.0643. The van der Waals surface area contributed by atoms with Crippen molar-refractivity contribution in [1.29, 1.82) is 0 Å². The number of nitrogens with one attached hydrogen (secondary N) is 1. The molecule has 0 fully saturated rings. The van der Waals surface area contributed by atoms with Crippen molar-refractivity contribution in [3.63, 3.8) is 0 Å². The number of anilines is 1. The Morgan fingerprint density at radius 3 is 2.83 bits per heavy atom. The van der Waals surface area contributed by atoms with E-state index in [0.29, 0.717) is 18.3 Å². The predicted molar refractivity (Wildman–Crippen MR) is 88.0 cm³/mol. The Labute approximate surface area is 134 Å². The maximum absolute atomic E-state index is 11.2. The molecule has 1 N–H and O–H groups in total. The number of nitrogens with zero attached hydrogens (tertiary/aromatic N) is 3.